The molecule has 1 fully saturated rings. The predicted molar refractivity (Wildman–Crippen MR) is 74.8 cm³/mol. The Labute approximate surface area is 112 Å². The second-order valence-corrected chi connectivity index (χ2v) is 5.02. The fourth-order valence-electron chi connectivity index (χ4n) is 2.62. The summed E-state index contributed by atoms with van der Waals surface area (Å²) in [5.41, 5.74) is 7.68. The molecule has 5 heteroatoms. The zero-order valence-corrected chi connectivity index (χ0v) is 11.0. The summed E-state index contributed by atoms with van der Waals surface area (Å²) in [4.78, 5) is 2.32. The molecule has 0 spiro atoms. The maximum atomic E-state index is 5.99. The number of furan rings is 1. The van der Waals surface area contributed by atoms with Crippen molar-refractivity contribution in [2.75, 3.05) is 17.2 Å². The summed E-state index contributed by atoms with van der Waals surface area (Å²) < 4.78 is 5.37. The van der Waals surface area contributed by atoms with Crippen molar-refractivity contribution in [3.63, 3.8) is 0 Å². The Kier molecular flexibility index (Phi) is 3.11. The highest BCUT2D eigenvalue weighted by molar-refractivity contribution is 5.69. The summed E-state index contributed by atoms with van der Waals surface area (Å²) in [7, 11) is 0. The van der Waals surface area contributed by atoms with Gasteiger partial charge in [0.15, 0.2) is 11.6 Å². The van der Waals surface area contributed by atoms with Crippen molar-refractivity contribution in [1.29, 1.82) is 0 Å². The molecule has 100 valence electrons. The summed E-state index contributed by atoms with van der Waals surface area (Å²) in [5.74, 6) is 1.21. The van der Waals surface area contributed by atoms with Crippen LogP contribution in [0.2, 0.25) is 0 Å². The number of aromatic nitrogens is 2. The van der Waals surface area contributed by atoms with E-state index in [1.54, 1.807) is 6.26 Å². The van der Waals surface area contributed by atoms with E-state index in [9.17, 15) is 0 Å². The van der Waals surface area contributed by atoms with Crippen LogP contribution >= 0.6 is 0 Å². The smallest absolute Gasteiger partial charge is 0.169 e. The van der Waals surface area contributed by atoms with Gasteiger partial charge in [-0.3, -0.25) is 0 Å². The third kappa shape index (κ3) is 2.28. The van der Waals surface area contributed by atoms with Crippen molar-refractivity contribution < 1.29 is 4.42 Å². The third-order valence-electron chi connectivity index (χ3n) is 3.69. The molecular formula is C14H18N4O. The van der Waals surface area contributed by atoms with Crippen molar-refractivity contribution in [3.05, 3.63) is 24.5 Å². The zero-order chi connectivity index (χ0) is 13.2. The number of rotatable bonds is 2. The Morgan fingerprint density at radius 2 is 2.26 bits per heavy atom. The molecule has 3 heterocycles. The van der Waals surface area contributed by atoms with E-state index in [0.29, 0.717) is 11.9 Å². The zero-order valence-electron chi connectivity index (χ0n) is 11.0. The average Bonchev–Trinajstić information content (AvgIpc) is 2.94. The van der Waals surface area contributed by atoms with E-state index in [1.165, 1.54) is 19.3 Å². The van der Waals surface area contributed by atoms with Crippen LogP contribution in [0.1, 0.15) is 26.2 Å². The number of piperidine rings is 1. The van der Waals surface area contributed by atoms with Crippen LogP contribution in [-0.2, 0) is 0 Å². The van der Waals surface area contributed by atoms with Crippen molar-refractivity contribution in [2.45, 2.75) is 32.2 Å². The fourth-order valence-corrected chi connectivity index (χ4v) is 2.62. The van der Waals surface area contributed by atoms with Gasteiger partial charge >= 0.3 is 0 Å². The number of nitrogens with zero attached hydrogens (tertiary/aromatic N) is 3. The van der Waals surface area contributed by atoms with Crippen molar-refractivity contribution in [2.24, 2.45) is 0 Å². The lowest BCUT2D eigenvalue weighted by Gasteiger charge is -2.35. The predicted octanol–water partition coefficient (Wildman–Crippen LogP) is 2.70. The quantitative estimate of drug-likeness (QED) is 0.897. The van der Waals surface area contributed by atoms with E-state index in [-0.39, 0.29) is 0 Å². The monoisotopic (exact) mass is 258 g/mol. The molecule has 0 aromatic carbocycles. The van der Waals surface area contributed by atoms with Crippen LogP contribution in [0.4, 0.5) is 11.5 Å². The first kappa shape index (κ1) is 12.0. The first-order valence-electron chi connectivity index (χ1n) is 6.69. The lowest BCUT2D eigenvalue weighted by molar-refractivity contribution is 0.484. The standard InChI is InChI=1S/C14H18N4O/c1-10-5-2-3-7-18(10)12-9-11(16-17-14(12)15)13-6-4-8-19-13/h4,6,8-10H,2-3,5,7H2,1H3,(H2,15,17)/t10-/m1/s1. The van der Waals surface area contributed by atoms with E-state index in [2.05, 4.69) is 22.0 Å². The van der Waals surface area contributed by atoms with Gasteiger partial charge in [-0.25, -0.2) is 0 Å². The Balaban J connectivity index is 1.98. The van der Waals surface area contributed by atoms with Crippen LogP contribution in [0.3, 0.4) is 0 Å². The minimum atomic E-state index is 0.490. The maximum Gasteiger partial charge on any atom is 0.169 e. The van der Waals surface area contributed by atoms with Gasteiger partial charge in [0, 0.05) is 12.6 Å². The van der Waals surface area contributed by atoms with Gasteiger partial charge in [0.1, 0.15) is 5.69 Å². The lowest BCUT2D eigenvalue weighted by Crippen LogP contribution is -2.38. The molecule has 2 aromatic rings. The summed E-state index contributed by atoms with van der Waals surface area (Å²) in [6.45, 7) is 3.25. The molecule has 3 rings (SSSR count). The first-order chi connectivity index (χ1) is 9.25. The summed E-state index contributed by atoms with van der Waals surface area (Å²) >= 11 is 0. The lowest BCUT2D eigenvalue weighted by atomic mass is 10.0. The molecule has 1 aliphatic rings. The molecule has 1 saturated heterocycles. The fraction of sp³-hybridized carbons (Fsp3) is 0.429. The van der Waals surface area contributed by atoms with Crippen LogP contribution in [0.15, 0.2) is 28.9 Å². The molecule has 5 nitrogen and oxygen atoms in total. The first-order valence-corrected chi connectivity index (χ1v) is 6.69. The van der Waals surface area contributed by atoms with E-state index in [4.69, 9.17) is 10.2 Å². The van der Waals surface area contributed by atoms with E-state index >= 15 is 0 Å². The topological polar surface area (TPSA) is 68.2 Å². The number of anilines is 2. The Morgan fingerprint density at radius 3 is 3.00 bits per heavy atom. The molecule has 0 radical (unpaired) electrons. The highest BCUT2D eigenvalue weighted by Crippen LogP contribution is 2.31. The molecule has 0 unspecified atom stereocenters. The van der Waals surface area contributed by atoms with Gasteiger partial charge in [-0.1, -0.05) is 0 Å². The van der Waals surface area contributed by atoms with E-state index in [0.717, 1.165) is 23.7 Å². The number of hydrogen-bond acceptors (Lipinski definition) is 5. The third-order valence-corrected chi connectivity index (χ3v) is 3.69. The normalized spacial score (nSPS) is 19.6. The Bertz CT molecular complexity index is 553. The van der Waals surface area contributed by atoms with Crippen LogP contribution in [0, 0.1) is 0 Å². The SMILES string of the molecule is C[C@@H]1CCCCN1c1cc(-c2ccco2)nnc1N. The molecule has 0 aliphatic carbocycles. The number of nitrogen functional groups attached to an aromatic ring is 1. The van der Waals surface area contributed by atoms with Gasteiger partial charge in [-0.05, 0) is 44.4 Å². The average molecular weight is 258 g/mol. The highest BCUT2D eigenvalue weighted by atomic mass is 16.3. The van der Waals surface area contributed by atoms with Gasteiger partial charge in [0.2, 0.25) is 0 Å². The summed E-state index contributed by atoms with van der Waals surface area (Å²) in [6.07, 6.45) is 5.30. The minimum absolute atomic E-state index is 0.490. The molecule has 0 saturated carbocycles. The second kappa shape index (κ2) is 4.91. The molecule has 1 atom stereocenters. The largest absolute Gasteiger partial charge is 0.463 e. The summed E-state index contributed by atoms with van der Waals surface area (Å²) in [6, 6.07) is 6.19. The van der Waals surface area contributed by atoms with Gasteiger partial charge in [-0.2, -0.15) is 0 Å². The van der Waals surface area contributed by atoms with E-state index < -0.39 is 0 Å². The van der Waals surface area contributed by atoms with Gasteiger partial charge in [0.05, 0.1) is 12.0 Å². The maximum absolute atomic E-state index is 5.99. The molecule has 19 heavy (non-hydrogen) atoms. The number of nitrogens with two attached hydrogens (primary N) is 1. The second-order valence-electron chi connectivity index (χ2n) is 5.02. The van der Waals surface area contributed by atoms with Crippen molar-refractivity contribution in [3.8, 4) is 11.5 Å². The molecule has 2 N–H and O–H groups in total. The number of hydrogen-bond donors (Lipinski definition) is 1. The Hall–Kier alpha value is -2.04. The van der Waals surface area contributed by atoms with Crippen molar-refractivity contribution in [1.82, 2.24) is 10.2 Å². The van der Waals surface area contributed by atoms with Crippen LogP contribution < -0.4 is 10.6 Å². The van der Waals surface area contributed by atoms with Gasteiger partial charge in [-0.15, -0.1) is 10.2 Å². The van der Waals surface area contributed by atoms with Crippen LogP contribution in [0.5, 0.6) is 0 Å². The van der Waals surface area contributed by atoms with Crippen molar-refractivity contribution >= 4 is 11.5 Å². The van der Waals surface area contributed by atoms with Gasteiger partial charge in [0.25, 0.3) is 0 Å². The molecular weight excluding hydrogens is 240 g/mol. The van der Waals surface area contributed by atoms with E-state index in [1.807, 2.05) is 18.2 Å². The highest BCUT2D eigenvalue weighted by Gasteiger charge is 2.22. The minimum Gasteiger partial charge on any atom is -0.463 e. The molecule has 2 aromatic heterocycles. The Morgan fingerprint density at radius 1 is 1.37 bits per heavy atom. The molecule has 1 aliphatic heterocycles. The van der Waals surface area contributed by atoms with Crippen LogP contribution in [-0.4, -0.2) is 22.8 Å². The molecule has 0 amide bonds. The van der Waals surface area contributed by atoms with Crippen LogP contribution in [0.25, 0.3) is 11.5 Å². The van der Waals surface area contributed by atoms with Gasteiger partial charge < -0.3 is 15.1 Å². The summed E-state index contributed by atoms with van der Waals surface area (Å²) in [5, 5.41) is 8.18. The molecule has 0 bridgehead atoms.